The quantitative estimate of drug-likeness (QED) is 0.856. The molecule has 0 bridgehead atoms. The topological polar surface area (TPSA) is 81.1 Å². The Morgan fingerprint density at radius 2 is 2.13 bits per heavy atom. The van der Waals surface area contributed by atoms with Crippen molar-refractivity contribution >= 4 is 5.91 Å². The molecule has 1 amide bonds. The molecule has 0 saturated carbocycles. The van der Waals surface area contributed by atoms with Crippen LogP contribution in [0.4, 0.5) is 8.78 Å². The van der Waals surface area contributed by atoms with E-state index in [0.717, 1.165) is 12.1 Å². The van der Waals surface area contributed by atoms with Crippen molar-refractivity contribution in [1.29, 1.82) is 0 Å². The molecule has 1 atom stereocenters. The molecule has 5 nitrogen and oxygen atoms in total. The van der Waals surface area contributed by atoms with E-state index in [0.29, 0.717) is 12.3 Å². The van der Waals surface area contributed by atoms with E-state index >= 15 is 0 Å². The van der Waals surface area contributed by atoms with Crippen molar-refractivity contribution in [3.05, 3.63) is 53.2 Å². The third-order valence-corrected chi connectivity index (χ3v) is 3.25. The van der Waals surface area contributed by atoms with Crippen molar-refractivity contribution in [2.24, 2.45) is 11.7 Å². The summed E-state index contributed by atoms with van der Waals surface area (Å²) in [6.45, 7) is 3.96. The highest BCUT2D eigenvalue weighted by Crippen LogP contribution is 2.18. The second-order valence-corrected chi connectivity index (χ2v) is 5.73. The Kier molecular flexibility index (Phi) is 5.44. The van der Waals surface area contributed by atoms with Crippen LogP contribution in [-0.2, 0) is 6.54 Å². The van der Waals surface area contributed by atoms with Crippen molar-refractivity contribution in [3.8, 4) is 0 Å². The highest BCUT2D eigenvalue weighted by molar-refractivity contribution is 5.91. The molecule has 0 aliphatic heterocycles. The fourth-order valence-electron chi connectivity index (χ4n) is 2.10. The van der Waals surface area contributed by atoms with Crippen LogP contribution in [0, 0.1) is 17.6 Å². The number of nitrogens with two attached hydrogens (primary N) is 1. The summed E-state index contributed by atoms with van der Waals surface area (Å²) in [5, 5.41) is 2.50. The minimum atomic E-state index is -0.718. The van der Waals surface area contributed by atoms with E-state index in [2.05, 4.69) is 10.3 Å². The third kappa shape index (κ3) is 4.59. The fraction of sp³-hybridized carbons (Fsp3) is 0.375. The van der Waals surface area contributed by atoms with Crippen molar-refractivity contribution in [3.63, 3.8) is 0 Å². The second kappa shape index (κ2) is 7.32. The Balaban J connectivity index is 1.97. The number of hydrogen-bond donors (Lipinski definition) is 2. The predicted molar refractivity (Wildman–Crippen MR) is 80.4 cm³/mol. The predicted octanol–water partition coefficient (Wildman–Crippen LogP) is 2.93. The Labute approximate surface area is 132 Å². The number of benzene rings is 1. The van der Waals surface area contributed by atoms with Crippen LogP contribution in [0.25, 0.3) is 0 Å². The van der Waals surface area contributed by atoms with Crippen LogP contribution in [0.5, 0.6) is 0 Å². The van der Waals surface area contributed by atoms with E-state index in [1.165, 1.54) is 12.3 Å². The Morgan fingerprint density at radius 3 is 2.78 bits per heavy atom. The normalized spacial score (nSPS) is 12.4. The van der Waals surface area contributed by atoms with Gasteiger partial charge in [0.05, 0.1) is 6.04 Å². The van der Waals surface area contributed by atoms with Gasteiger partial charge in [-0.3, -0.25) is 4.79 Å². The Morgan fingerprint density at radius 1 is 1.39 bits per heavy atom. The third-order valence-electron chi connectivity index (χ3n) is 3.25. The molecule has 0 radical (unpaired) electrons. The molecule has 2 rings (SSSR count). The van der Waals surface area contributed by atoms with Crippen molar-refractivity contribution in [2.75, 3.05) is 0 Å². The molecule has 0 aliphatic carbocycles. The number of oxazole rings is 1. The lowest BCUT2D eigenvalue weighted by atomic mass is 10.0. The van der Waals surface area contributed by atoms with Gasteiger partial charge in [0.25, 0.3) is 5.91 Å². The van der Waals surface area contributed by atoms with Gasteiger partial charge >= 0.3 is 0 Å². The smallest absolute Gasteiger partial charge is 0.273 e. The van der Waals surface area contributed by atoms with Crippen LogP contribution in [-0.4, -0.2) is 10.9 Å². The van der Waals surface area contributed by atoms with E-state index in [1.54, 1.807) is 0 Å². The van der Waals surface area contributed by atoms with Gasteiger partial charge in [0.15, 0.2) is 5.69 Å². The van der Waals surface area contributed by atoms with Gasteiger partial charge in [0.2, 0.25) is 5.89 Å². The first-order valence-electron chi connectivity index (χ1n) is 7.30. The molecule has 1 aromatic carbocycles. The maximum absolute atomic E-state index is 13.5. The number of amides is 1. The highest BCUT2D eigenvalue weighted by atomic mass is 19.1. The van der Waals surface area contributed by atoms with Crippen LogP contribution in [0.15, 0.2) is 28.9 Å². The number of rotatable bonds is 6. The summed E-state index contributed by atoms with van der Waals surface area (Å²) in [5.41, 5.74) is 6.19. The van der Waals surface area contributed by atoms with Gasteiger partial charge in [0, 0.05) is 18.2 Å². The summed E-state index contributed by atoms with van der Waals surface area (Å²) in [7, 11) is 0. The van der Waals surface area contributed by atoms with E-state index in [1.807, 2.05) is 13.8 Å². The number of aromatic nitrogens is 1. The molecule has 0 spiro atoms. The van der Waals surface area contributed by atoms with Gasteiger partial charge in [-0.2, -0.15) is 0 Å². The van der Waals surface area contributed by atoms with E-state index in [9.17, 15) is 13.6 Å². The molecule has 1 heterocycles. The number of nitrogens with zero attached hydrogens (tertiary/aromatic N) is 1. The molecule has 124 valence electrons. The van der Waals surface area contributed by atoms with Crippen LogP contribution < -0.4 is 11.1 Å². The molecular weight excluding hydrogens is 304 g/mol. The zero-order chi connectivity index (χ0) is 17.0. The maximum Gasteiger partial charge on any atom is 0.273 e. The van der Waals surface area contributed by atoms with Gasteiger partial charge in [0.1, 0.15) is 17.9 Å². The molecule has 23 heavy (non-hydrogen) atoms. The van der Waals surface area contributed by atoms with Crippen molar-refractivity contribution in [2.45, 2.75) is 32.9 Å². The largest absolute Gasteiger partial charge is 0.446 e. The highest BCUT2D eigenvalue weighted by Gasteiger charge is 2.18. The first kappa shape index (κ1) is 17.1. The molecule has 0 aliphatic rings. The lowest BCUT2D eigenvalue weighted by Gasteiger charge is -2.09. The summed E-state index contributed by atoms with van der Waals surface area (Å²) in [5.74, 6) is -1.24. The molecule has 7 heteroatoms. The molecular formula is C16H19F2N3O2. The monoisotopic (exact) mass is 323 g/mol. The second-order valence-electron chi connectivity index (χ2n) is 5.73. The molecule has 0 saturated heterocycles. The average Bonchev–Trinajstić information content (AvgIpc) is 2.95. The summed E-state index contributed by atoms with van der Waals surface area (Å²) >= 11 is 0. The number of halogens is 2. The molecule has 2 aromatic rings. The number of nitrogens with one attached hydrogen (secondary N) is 1. The number of hydrogen-bond acceptors (Lipinski definition) is 4. The average molecular weight is 323 g/mol. The minimum absolute atomic E-state index is 0.0710. The SMILES string of the molecule is CC(C)CC(N)c1nc(C(=O)NCc2ccc(F)cc2F)co1. The maximum atomic E-state index is 13.5. The van der Waals surface area contributed by atoms with Crippen LogP contribution >= 0.6 is 0 Å². The standard InChI is InChI=1S/C16H19F2N3O2/c1-9(2)5-13(19)16-21-14(8-23-16)15(22)20-7-10-3-4-11(17)6-12(10)18/h3-4,6,8-9,13H,5,7,19H2,1-2H3,(H,20,22). The molecule has 1 aromatic heterocycles. The van der Waals surface area contributed by atoms with Crippen molar-refractivity contribution in [1.82, 2.24) is 10.3 Å². The molecule has 1 unspecified atom stereocenters. The number of carbonyl (C=O) groups excluding carboxylic acids is 1. The lowest BCUT2D eigenvalue weighted by Crippen LogP contribution is -2.24. The fourth-order valence-corrected chi connectivity index (χ4v) is 2.10. The summed E-state index contributed by atoms with van der Waals surface area (Å²) in [4.78, 5) is 16.0. The van der Waals surface area contributed by atoms with Gasteiger partial charge in [-0.15, -0.1) is 0 Å². The van der Waals surface area contributed by atoms with E-state index in [4.69, 9.17) is 10.2 Å². The van der Waals surface area contributed by atoms with Crippen molar-refractivity contribution < 1.29 is 18.0 Å². The number of carbonyl (C=O) groups is 1. The van der Waals surface area contributed by atoms with E-state index < -0.39 is 17.5 Å². The van der Waals surface area contributed by atoms with Crippen LogP contribution in [0.3, 0.4) is 0 Å². The van der Waals surface area contributed by atoms with E-state index in [-0.39, 0.29) is 29.7 Å². The summed E-state index contributed by atoms with van der Waals surface area (Å²) < 4.78 is 31.5. The zero-order valence-electron chi connectivity index (χ0n) is 13.0. The first-order chi connectivity index (χ1) is 10.9. The summed E-state index contributed by atoms with van der Waals surface area (Å²) in [6, 6.07) is 2.79. The van der Waals surface area contributed by atoms with Crippen LogP contribution in [0.1, 0.15) is 48.3 Å². The van der Waals surface area contributed by atoms with Gasteiger partial charge in [-0.25, -0.2) is 13.8 Å². The Bertz CT molecular complexity index is 686. The zero-order valence-corrected chi connectivity index (χ0v) is 13.0. The van der Waals surface area contributed by atoms with Gasteiger partial charge in [-0.1, -0.05) is 19.9 Å². The lowest BCUT2D eigenvalue weighted by molar-refractivity contribution is 0.0945. The summed E-state index contributed by atoms with van der Waals surface area (Å²) in [6.07, 6.45) is 1.90. The Hall–Kier alpha value is -2.28. The van der Waals surface area contributed by atoms with Gasteiger partial charge in [-0.05, 0) is 18.4 Å². The molecule has 0 fully saturated rings. The van der Waals surface area contributed by atoms with Gasteiger partial charge < -0.3 is 15.5 Å². The minimum Gasteiger partial charge on any atom is -0.446 e. The first-order valence-corrected chi connectivity index (χ1v) is 7.30. The van der Waals surface area contributed by atoms with Crippen LogP contribution in [0.2, 0.25) is 0 Å². The molecule has 3 N–H and O–H groups in total.